The van der Waals surface area contributed by atoms with Crippen LogP contribution in [0.2, 0.25) is 0 Å². The van der Waals surface area contributed by atoms with Gasteiger partial charge >= 0.3 is 0 Å². The number of thiocarbonyl (C=S) groups is 1. The molecule has 2 aromatic heterocycles. The number of anilines is 1. The SMILES string of the molecule is COc1ccc2oc(-c3ccc(C)c(NC(=S)NC(=O)c4ccc(-c5ccc(C)c(C)c5)o4)c3)nc2c1. The fourth-order valence-corrected chi connectivity index (χ4v) is 4.08. The normalized spacial score (nSPS) is 10.9. The van der Waals surface area contributed by atoms with Gasteiger partial charge in [0.25, 0.3) is 5.91 Å². The molecule has 8 heteroatoms. The molecule has 186 valence electrons. The molecule has 5 rings (SSSR count). The van der Waals surface area contributed by atoms with Gasteiger partial charge in [-0.25, -0.2) is 4.98 Å². The van der Waals surface area contributed by atoms with Crippen LogP contribution in [0.25, 0.3) is 33.9 Å². The molecule has 0 saturated heterocycles. The summed E-state index contributed by atoms with van der Waals surface area (Å²) in [4.78, 5) is 17.3. The first-order valence-electron chi connectivity index (χ1n) is 11.7. The molecule has 2 heterocycles. The number of hydrogen-bond donors (Lipinski definition) is 2. The topological polar surface area (TPSA) is 89.5 Å². The Hall–Kier alpha value is -4.43. The van der Waals surface area contributed by atoms with Gasteiger partial charge in [0.05, 0.1) is 7.11 Å². The lowest BCUT2D eigenvalue weighted by Crippen LogP contribution is -2.34. The number of ether oxygens (including phenoxy) is 1. The molecule has 0 bridgehead atoms. The molecule has 7 nitrogen and oxygen atoms in total. The lowest BCUT2D eigenvalue weighted by Gasteiger charge is -2.12. The highest BCUT2D eigenvalue weighted by Gasteiger charge is 2.16. The first-order chi connectivity index (χ1) is 17.8. The number of amides is 1. The summed E-state index contributed by atoms with van der Waals surface area (Å²) in [5.74, 6) is 1.53. The van der Waals surface area contributed by atoms with E-state index in [9.17, 15) is 4.79 Å². The van der Waals surface area contributed by atoms with Crippen LogP contribution < -0.4 is 15.4 Å². The van der Waals surface area contributed by atoms with Gasteiger partial charge in [-0.3, -0.25) is 10.1 Å². The van der Waals surface area contributed by atoms with E-state index in [2.05, 4.69) is 22.5 Å². The average Bonchev–Trinajstić information content (AvgIpc) is 3.54. The smallest absolute Gasteiger partial charge is 0.293 e. The number of aryl methyl sites for hydroxylation is 3. The van der Waals surface area contributed by atoms with E-state index in [0.29, 0.717) is 28.5 Å². The number of rotatable bonds is 5. The molecule has 3 aromatic carbocycles. The van der Waals surface area contributed by atoms with Crippen LogP contribution in [0, 0.1) is 20.8 Å². The zero-order valence-corrected chi connectivity index (χ0v) is 21.7. The maximum absolute atomic E-state index is 12.8. The Bertz CT molecular complexity index is 1650. The zero-order valence-electron chi connectivity index (χ0n) is 20.8. The molecule has 0 aliphatic heterocycles. The molecule has 0 atom stereocenters. The van der Waals surface area contributed by atoms with Gasteiger partial charge in [-0.1, -0.05) is 18.2 Å². The van der Waals surface area contributed by atoms with Crippen molar-refractivity contribution in [1.29, 1.82) is 0 Å². The number of furan rings is 1. The van der Waals surface area contributed by atoms with Crippen molar-refractivity contribution in [2.24, 2.45) is 0 Å². The summed E-state index contributed by atoms with van der Waals surface area (Å²) < 4.78 is 17.0. The number of aromatic nitrogens is 1. The fourth-order valence-electron chi connectivity index (χ4n) is 3.88. The van der Waals surface area contributed by atoms with Gasteiger partial charge in [-0.2, -0.15) is 0 Å². The largest absolute Gasteiger partial charge is 0.497 e. The summed E-state index contributed by atoms with van der Waals surface area (Å²) >= 11 is 5.41. The highest BCUT2D eigenvalue weighted by Crippen LogP contribution is 2.30. The summed E-state index contributed by atoms with van der Waals surface area (Å²) in [6.07, 6.45) is 0. The third kappa shape index (κ3) is 5.10. The van der Waals surface area contributed by atoms with Crippen molar-refractivity contribution in [2.75, 3.05) is 12.4 Å². The molecule has 0 aliphatic rings. The van der Waals surface area contributed by atoms with Crippen molar-refractivity contribution in [3.63, 3.8) is 0 Å². The molecular weight excluding hydrogens is 486 g/mol. The molecule has 0 fully saturated rings. The van der Waals surface area contributed by atoms with Crippen LogP contribution >= 0.6 is 12.2 Å². The number of oxazole rings is 1. The van der Waals surface area contributed by atoms with Crippen LogP contribution in [0.15, 0.2) is 75.6 Å². The Morgan fingerprint density at radius 3 is 2.43 bits per heavy atom. The second-order valence-corrected chi connectivity index (χ2v) is 9.16. The van der Waals surface area contributed by atoms with Crippen molar-refractivity contribution in [3.8, 4) is 28.5 Å². The van der Waals surface area contributed by atoms with E-state index in [-0.39, 0.29) is 10.9 Å². The van der Waals surface area contributed by atoms with Crippen LogP contribution in [0.5, 0.6) is 5.75 Å². The van der Waals surface area contributed by atoms with Crippen LogP contribution in [0.4, 0.5) is 5.69 Å². The highest BCUT2D eigenvalue weighted by molar-refractivity contribution is 7.80. The van der Waals surface area contributed by atoms with Gasteiger partial charge < -0.3 is 18.9 Å². The van der Waals surface area contributed by atoms with Crippen LogP contribution in [0.1, 0.15) is 27.2 Å². The fraction of sp³-hybridized carbons (Fsp3) is 0.138. The minimum Gasteiger partial charge on any atom is -0.497 e. The molecule has 0 unspecified atom stereocenters. The molecule has 0 spiro atoms. The van der Waals surface area contributed by atoms with E-state index in [1.165, 1.54) is 5.56 Å². The van der Waals surface area contributed by atoms with Gasteiger partial charge in [0.1, 0.15) is 17.0 Å². The number of methoxy groups -OCH3 is 1. The van der Waals surface area contributed by atoms with E-state index in [1.807, 2.05) is 68.4 Å². The molecule has 1 amide bonds. The van der Waals surface area contributed by atoms with Gasteiger partial charge in [-0.05, 0) is 92.1 Å². The van der Waals surface area contributed by atoms with E-state index in [4.69, 9.17) is 25.8 Å². The number of benzene rings is 3. The predicted molar refractivity (Wildman–Crippen MR) is 148 cm³/mol. The third-order valence-corrected chi connectivity index (χ3v) is 6.38. The van der Waals surface area contributed by atoms with E-state index < -0.39 is 5.91 Å². The van der Waals surface area contributed by atoms with Gasteiger partial charge in [0, 0.05) is 22.9 Å². The quantitative estimate of drug-likeness (QED) is 0.250. The number of carbonyl (C=O) groups excluding carboxylic acids is 1. The Morgan fingerprint density at radius 1 is 0.865 bits per heavy atom. The monoisotopic (exact) mass is 511 g/mol. The number of nitrogens with zero attached hydrogens (tertiary/aromatic N) is 1. The molecule has 0 radical (unpaired) electrons. The Morgan fingerprint density at radius 2 is 1.65 bits per heavy atom. The molecule has 5 aromatic rings. The lowest BCUT2D eigenvalue weighted by molar-refractivity contribution is 0.0951. The molecule has 0 saturated carbocycles. The Balaban J connectivity index is 1.30. The maximum Gasteiger partial charge on any atom is 0.293 e. The van der Waals surface area contributed by atoms with Crippen molar-refractivity contribution < 1.29 is 18.4 Å². The molecule has 37 heavy (non-hydrogen) atoms. The number of carbonyl (C=O) groups is 1. The molecule has 0 aliphatic carbocycles. The van der Waals surface area contributed by atoms with Crippen molar-refractivity contribution >= 4 is 40.0 Å². The zero-order chi connectivity index (χ0) is 26.1. The van der Waals surface area contributed by atoms with Crippen molar-refractivity contribution in [3.05, 3.63) is 89.2 Å². The number of hydrogen-bond acceptors (Lipinski definition) is 6. The third-order valence-electron chi connectivity index (χ3n) is 6.18. The molecular formula is C29H25N3O4S. The number of fused-ring (bicyclic) bond motifs is 1. The number of nitrogens with one attached hydrogen (secondary N) is 2. The Kier molecular flexibility index (Phi) is 6.50. The summed E-state index contributed by atoms with van der Waals surface area (Å²) in [5.41, 5.74) is 7.04. The second kappa shape index (κ2) is 9.91. The van der Waals surface area contributed by atoms with Gasteiger partial charge in [0.15, 0.2) is 16.5 Å². The average molecular weight is 512 g/mol. The summed E-state index contributed by atoms with van der Waals surface area (Å²) in [6, 6.07) is 20.6. The van der Waals surface area contributed by atoms with Gasteiger partial charge in [-0.15, -0.1) is 0 Å². The molecule has 2 N–H and O–H groups in total. The lowest BCUT2D eigenvalue weighted by atomic mass is 10.1. The highest BCUT2D eigenvalue weighted by atomic mass is 32.1. The minimum absolute atomic E-state index is 0.150. The standard InChI is InChI=1S/C29H25N3O4S/c1-16-5-7-19(13-18(16)3)24-11-12-26(35-24)27(33)32-29(37)31-22-14-20(8-6-17(22)2)28-30-23-15-21(34-4)9-10-25(23)36-28/h5-15H,1-4H3,(H2,31,32,33,37). The Labute approximate surface area is 219 Å². The van der Waals surface area contributed by atoms with E-state index in [0.717, 1.165) is 27.9 Å². The summed E-state index contributed by atoms with van der Waals surface area (Å²) in [7, 11) is 1.61. The van der Waals surface area contributed by atoms with E-state index >= 15 is 0 Å². The minimum atomic E-state index is -0.436. The summed E-state index contributed by atoms with van der Waals surface area (Å²) in [5, 5.41) is 5.93. The van der Waals surface area contributed by atoms with Crippen LogP contribution in [-0.4, -0.2) is 23.1 Å². The second-order valence-electron chi connectivity index (χ2n) is 8.75. The van der Waals surface area contributed by atoms with Gasteiger partial charge in [0.2, 0.25) is 5.89 Å². The first-order valence-corrected chi connectivity index (χ1v) is 12.1. The first kappa shape index (κ1) is 24.3. The van der Waals surface area contributed by atoms with Crippen LogP contribution in [0.3, 0.4) is 0 Å². The van der Waals surface area contributed by atoms with Crippen LogP contribution in [-0.2, 0) is 0 Å². The van der Waals surface area contributed by atoms with E-state index in [1.54, 1.807) is 19.2 Å². The summed E-state index contributed by atoms with van der Waals surface area (Å²) in [6.45, 7) is 6.03. The van der Waals surface area contributed by atoms with Crippen molar-refractivity contribution in [1.82, 2.24) is 10.3 Å². The predicted octanol–water partition coefficient (Wildman–Crippen LogP) is 6.82. The maximum atomic E-state index is 12.8. The van der Waals surface area contributed by atoms with Crippen molar-refractivity contribution in [2.45, 2.75) is 20.8 Å².